The molecule has 0 spiro atoms. The van der Waals surface area contributed by atoms with Gasteiger partial charge in [0, 0.05) is 12.8 Å². The van der Waals surface area contributed by atoms with Gasteiger partial charge in [0.05, 0.1) is 6.61 Å². The molecule has 0 saturated heterocycles. The number of unbranched alkanes of at least 4 members (excludes halogenated alkanes) is 15. The Morgan fingerprint density at radius 2 is 0.920 bits per heavy atom. The van der Waals surface area contributed by atoms with Crippen molar-refractivity contribution in [2.45, 2.75) is 174 Å². The van der Waals surface area contributed by atoms with E-state index in [0.29, 0.717) is 19.3 Å². The summed E-state index contributed by atoms with van der Waals surface area (Å²) in [5.41, 5.74) is 0. The molecule has 2 N–H and O–H groups in total. The van der Waals surface area contributed by atoms with Gasteiger partial charge in [0.15, 0.2) is 6.10 Å². The molecular weight excluding hydrogens is 651 g/mol. The van der Waals surface area contributed by atoms with Crippen LogP contribution < -0.4 is 0 Å². The van der Waals surface area contributed by atoms with Crippen LogP contribution in [0.3, 0.4) is 0 Å². The Kier molecular flexibility index (Phi) is 34.9. The lowest BCUT2D eigenvalue weighted by Gasteiger charge is -2.18. The second-order valence-corrected chi connectivity index (χ2v) is 14.1. The molecule has 0 aliphatic rings. The molecule has 0 unspecified atom stereocenters. The third kappa shape index (κ3) is 38.6. The fraction of sp³-hybridized carbons (Fsp3) is 0.707. The van der Waals surface area contributed by atoms with Crippen molar-refractivity contribution < 1.29 is 37.9 Å². The molecule has 0 aromatic rings. The maximum atomic E-state index is 12.3. The number of phosphoric ester groups is 1. The highest BCUT2D eigenvalue weighted by Gasteiger charge is 2.22. The van der Waals surface area contributed by atoms with Crippen molar-refractivity contribution >= 4 is 19.8 Å². The molecule has 8 nitrogen and oxygen atoms in total. The van der Waals surface area contributed by atoms with Crippen LogP contribution in [-0.2, 0) is 28.2 Å². The van der Waals surface area contributed by atoms with Gasteiger partial charge in [-0.25, -0.2) is 4.57 Å². The summed E-state index contributed by atoms with van der Waals surface area (Å²) in [6.07, 6.45) is 45.2. The molecule has 0 aromatic heterocycles. The zero-order valence-corrected chi connectivity index (χ0v) is 32.4. The number of phosphoric acid groups is 1. The molecular formula is C41H71O8P. The van der Waals surface area contributed by atoms with E-state index < -0.39 is 32.5 Å². The Hall–Kier alpha value is -2.25. The maximum Gasteiger partial charge on any atom is 0.469 e. The Morgan fingerprint density at radius 3 is 1.40 bits per heavy atom. The zero-order valence-electron chi connectivity index (χ0n) is 31.5. The lowest BCUT2D eigenvalue weighted by atomic mass is 10.1. The van der Waals surface area contributed by atoms with Gasteiger partial charge in [-0.3, -0.25) is 14.1 Å². The largest absolute Gasteiger partial charge is 0.469 e. The number of esters is 2. The van der Waals surface area contributed by atoms with Gasteiger partial charge < -0.3 is 19.3 Å². The van der Waals surface area contributed by atoms with Crippen LogP contribution >= 0.6 is 7.82 Å². The van der Waals surface area contributed by atoms with Crippen LogP contribution in [0.4, 0.5) is 0 Å². The standard InChI is InChI=1S/C41H71O8P/c1-3-5-7-9-11-13-15-17-19-20-22-24-26-28-30-32-34-36-41(43)49-39(38-48-50(44,45)46)37-47-40(42)35-33-31-29-27-25-23-21-18-16-14-12-10-8-6-4-2/h17-19,21-22,24-25,27-28,30,39H,3-16,20,23,26,29,31-38H2,1-2H3,(H2,44,45,46)/b19-17+,21-18+,24-22+,27-25+,30-28+/t39-/m1/s1. The van der Waals surface area contributed by atoms with Crippen LogP contribution in [0.25, 0.3) is 0 Å². The minimum absolute atomic E-state index is 0.131. The fourth-order valence-corrected chi connectivity index (χ4v) is 5.42. The summed E-state index contributed by atoms with van der Waals surface area (Å²) in [5.74, 6) is -0.988. The molecule has 0 aliphatic heterocycles. The molecule has 0 saturated carbocycles. The zero-order chi connectivity index (χ0) is 36.8. The Labute approximate surface area is 305 Å². The number of hydrogen-bond acceptors (Lipinski definition) is 6. The molecule has 9 heteroatoms. The summed E-state index contributed by atoms with van der Waals surface area (Å²) in [7, 11) is -4.77. The smallest absolute Gasteiger partial charge is 0.462 e. The third-order valence-corrected chi connectivity index (χ3v) is 8.49. The first kappa shape index (κ1) is 47.8. The summed E-state index contributed by atoms with van der Waals surface area (Å²) >= 11 is 0. The lowest BCUT2D eigenvalue weighted by molar-refractivity contribution is -0.161. The first-order chi connectivity index (χ1) is 24.3. The average molecular weight is 723 g/mol. The van der Waals surface area contributed by atoms with Gasteiger partial charge in [-0.2, -0.15) is 0 Å². The van der Waals surface area contributed by atoms with Crippen LogP contribution in [0.1, 0.15) is 168 Å². The van der Waals surface area contributed by atoms with E-state index in [9.17, 15) is 14.2 Å². The monoisotopic (exact) mass is 722 g/mol. The summed E-state index contributed by atoms with van der Waals surface area (Å²) in [4.78, 5) is 42.7. The average Bonchev–Trinajstić information content (AvgIpc) is 3.08. The predicted octanol–water partition coefficient (Wildman–Crippen LogP) is 11.7. The molecule has 0 heterocycles. The van der Waals surface area contributed by atoms with Gasteiger partial charge in [0.2, 0.25) is 0 Å². The van der Waals surface area contributed by atoms with E-state index in [0.717, 1.165) is 44.9 Å². The van der Waals surface area contributed by atoms with Gasteiger partial charge in [0.1, 0.15) is 6.61 Å². The summed E-state index contributed by atoms with van der Waals surface area (Å²) in [5, 5.41) is 0. The normalized spacial score (nSPS) is 13.1. The first-order valence-corrected chi connectivity index (χ1v) is 21.1. The SMILES string of the molecule is CCCCCCCC/C=C/C/C=C/C/C=C/CCCC(=O)O[C@H](COC(=O)CCCC/C=C/C/C=C/CCCCCCCC)COP(=O)(O)O. The highest BCUT2D eigenvalue weighted by molar-refractivity contribution is 7.46. The van der Waals surface area contributed by atoms with E-state index in [4.69, 9.17) is 19.3 Å². The van der Waals surface area contributed by atoms with E-state index in [-0.39, 0.29) is 19.4 Å². The van der Waals surface area contributed by atoms with Gasteiger partial charge in [-0.05, 0) is 77.0 Å². The Morgan fingerprint density at radius 1 is 0.520 bits per heavy atom. The van der Waals surface area contributed by atoms with E-state index >= 15 is 0 Å². The van der Waals surface area contributed by atoms with Crippen molar-refractivity contribution in [1.82, 2.24) is 0 Å². The fourth-order valence-electron chi connectivity index (χ4n) is 5.06. The van der Waals surface area contributed by atoms with Gasteiger partial charge in [0.25, 0.3) is 0 Å². The van der Waals surface area contributed by atoms with Crippen LogP contribution in [0, 0.1) is 0 Å². The van der Waals surface area contributed by atoms with Crippen molar-refractivity contribution in [2.75, 3.05) is 13.2 Å². The molecule has 1 atom stereocenters. The number of ether oxygens (including phenoxy) is 2. The van der Waals surface area contributed by atoms with Crippen molar-refractivity contribution in [3.63, 3.8) is 0 Å². The van der Waals surface area contributed by atoms with E-state index in [1.807, 2.05) is 6.08 Å². The minimum atomic E-state index is -4.77. The van der Waals surface area contributed by atoms with Crippen LogP contribution in [0.5, 0.6) is 0 Å². The number of carbonyl (C=O) groups excluding carboxylic acids is 2. The van der Waals surface area contributed by atoms with Crippen molar-refractivity contribution in [1.29, 1.82) is 0 Å². The maximum absolute atomic E-state index is 12.3. The Bertz CT molecular complexity index is 995. The second-order valence-electron chi connectivity index (χ2n) is 12.9. The number of hydrogen-bond donors (Lipinski definition) is 2. The summed E-state index contributed by atoms with van der Waals surface area (Å²) in [6, 6.07) is 0. The highest BCUT2D eigenvalue weighted by Crippen LogP contribution is 2.36. The summed E-state index contributed by atoms with van der Waals surface area (Å²) < 4.78 is 26.2. The van der Waals surface area contributed by atoms with Crippen molar-refractivity contribution in [3.05, 3.63) is 60.8 Å². The quantitative estimate of drug-likeness (QED) is 0.0287. The molecule has 0 bridgehead atoms. The summed E-state index contributed by atoms with van der Waals surface area (Å²) in [6.45, 7) is 3.59. The van der Waals surface area contributed by atoms with E-state index in [1.54, 1.807) is 0 Å². The molecule has 0 fully saturated rings. The molecule has 50 heavy (non-hydrogen) atoms. The molecule has 0 aromatic carbocycles. The molecule has 0 aliphatic carbocycles. The van der Waals surface area contributed by atoms with Gasteiger partial charge >= 0.3 is 19.8 Å². The molecule has 0 rings (SSSR count). The highest BCUT2D eigenvalue weighted by atomic mass is 31.2. The van der Waals surface area contributed by atoms with Crippen LogP contribution in [0.2, 0.25) is 0 Å². The lowest BCUT2D eigenvalue weighted by Crippen LogP contribution is -2.29. The molecule has 0 amide bonds. The van der Waals surface area contributed by atoms with Crippen LogP contribution in [-0.4, -0.2) is 41.0 Å². The minimum Gasteiger partial charge on any atom is -0.462 e. The third-order valence-electron chi connectivity index (χ3n) is 8.01. The first-order valence-electron chi connectivity index (χ1n) is 19.6. The van der Waals surface area contributed by atoms with E-state index in [2.05, 4.69) is 73.1 Å². The second kappa shape index (κ2) is 36.5. The van der Waals surface area contributed by atoms with Gasteiger partial charge in [-0.15, -0.1) is 0 Å². The van der Waals surface area contributed by atoms with Gasteiger partial charge in [-0.1, -0.05) is 139 Å². The van der Waals surface area contributed by atoms with E-state index in [1.165, 1.54) is 77.0 Å². The number of allylic oxidation sites excluding steroid dienone is 10. The van der Waals surface area contributed by atoms with Crippen LogP contribution in [0.15, 0.2) is 60.8 Å². The molecule has 0 radical (unpaired) electrons. The van der Waals surface area contributed by atoms with Crippen molar-refractivity contribution in [3.8, 4) is 0 Å². The topological polar surface area (TPSA) is 119 Å². The Balaban J connectivity index is 4.11. The van der Waals surface area contributed by atoms with Crippen molar-refractivity contribution in [2.24, 2.45) is 0 Å². The number of carbonyl (C=O) groups is 2. The molecule has 288 valence electrons. The number of rotatable bonds is 35. The predicted molar refractivity (Wildman–Crippen MR) is 207 cm³/mol.